The second-order valence-corrected chi connectivity index (χ2v) is 20.8. The van der Waals surface area contributed by atoms with E-state index in [-0.39, 0.29) is 35.4 Å². The van der Waals surface area contributed by atoms with Crippen LogP contribution < -0.4 is 9.80 Å². The van der Waals surface area contributed by atoms with Gasteiger partial charge in [-0.15, -0.1) is 0 Å². The highest BCUT2D eigenvalue weighted by Gasteiger charge is 2.51. The molecule has 14 aromatic rings. The molecule has 0 radical (unpaired) electrons. The average molecular weight is 1020 g/mol. The maximum absolute atomic E-state index is 10.1. The highest BCUT2D eigenvalue weighted by Crippen LogP contribution is 2.63. The normalized spacial score (nSPS) is 13.3. The molecule has 3 heteroatoms. The zero-order valence-electron chi connectivity index (χ0n) is 47.5. The molecule has 0 amide bonds. The maximum Gasteiger partial charge on any atom is 0.0726 e. The Labute approximate surface area is 471 Å². The van der Waals surface area contributed by atoms with Crippen LogP contribution in [0.15, 0.2) is 309 Å². The fourth-order valence-electron chi connectivity index (χ4n) is 13.3. The van der Waals surface area contributed by atoms with Gasteiger partial charge < -0.3 is 14.4 Å². The molecule has 0 fully saturated rings. The molecule has 1 aromatic heterocycles. The molecule has 374 valence electrons. The summed E-state index contributed by atoms with van der Waals surface area (Å²) in [6.07, 6.45) is 0. The number of fused-ring (bicyclic) bond motifs is 14. The van der Waals surface area contributed by atoms with Crippen LogP contribution in [-0.2, 0) is 5.41 Å². The van der Waals surface area contributed by atoms with Gasteiger partial charge in [-0.2, -0.15) is 0 Å². The SMILES string of the molecule is [2H]c1c([2H])c(N(c2ccccc2)c2ccc3c(c2)C2(c4ccccc4-c4ccccc42)c2ccccc2-3)c([2H])c([2H])c1-c1cccc2c(N(c3ccc(-c4ccccc4)cc3)c3ccc4c(c3)c3ccccc3n4-c3ccccc3)cccc12. The van der Waals surface area contributed by atoms with Gasteiger partial charge in [0.05, 0.1) is 27.6 Å². The van der Waals surface area contributed by atoms with Crippen molar-refractivity contribution in [1.29, 1.82) is 0 Å². The topological polar surface area (TPSA) is 11.4 Å². The molecule has 0 N–H and O–H groups in total. The smallest absolute Gasteiger partial charge is 0.0726 e. The molecule has 0 aliphatic heterocycles. The lowest BCUT2D eigenvalue weighted by Crippen LogP contribution is -2.26. The molecule has 0 atom stereocenters. The Morgan fingerprint density at radius 3 is 1.46 bits per heavy atom. The zero-order valence-corrected chi connectivity index (χ0v) is 43.5. The number of hydrogen-bond donors (Lipinski definition) is 0. The molecule has 1 spiro atoms. The Bertz CT molecular complexity index is 4870. The molecule has 16 rings (SSSR count). The van der Waals surface area contributed by atoms with Crippen molar-refractivity contribution in [3.05, 3.63) is 332 Å². The third-order valence-corrected chi connectivity index (χ3v) is 16.7. The summed E-state index contributed by atoms with van der Waals surface area (Å²) in [5, 5.41) is 3.96. The first-order valence-electron chi connectivity index (χ1n) is 29.3. The summed E-state index contributed by atoms with van der Waals surface area (Å²) in [5.41, 5.74) is 19.6. The summed E-state index contributed by atoms with van der Waals surface area (Å²) in [4.78, 5) is 4.22. The van der Waals surface area contributed by atoms with E-state index >= 15 is 0 Å². The quantitative estimate of drug-likeness (QED) is 0.143. The van der Waals surface area contributed by atoms with Crippen molar-refractivity contribution in [3.8, 4) is 50.2 Å². The third-order valence-electron chi connectivity index (χ3n) is 16.7. The minimum Gasteiger partial charge on any atom is -0.310 e. The molecule has 0 saturated carbocycles. The standard InChI is InChI=1S/C77H51N3/c1-4-20-52(21-5-1)53-38-42-58(43-39-53)79(59-47-49-76-69(50-59)68-29-13-17-36-75(68)80(76)56-24-8-3-9-25-56)74-37-19-31-62-61(30-18-32-67(62)74)54-40-44-57(45-41-54)78(55-22-6-2-7-23-55)60-46-48-66-65-28-12-16-35-72(65)77(73(66)51-60)70-33-14-10-26-63(70)64-27-11-15-34-71(64)77/h1-51H/i40D,41D,44D,45D. The van der Waals surface area contributed by atoms with E-state index < -0.39 is 5.41 Å². The molecule has 0 saturated heterocycles. The summed E-state index contributed by atoms with van der Waals surface area (Å²) in [5.74, 6) is 0. The van der Waals surface area contributed by atoms with Gasteiger partial charge in [-0.25, -0.2) is 0 Å². The Kier molecular flexibility index (Phi) is 9.55. The van der Waals surface area contributed by atoms with Crippen LogP contribution in [0.3, 0.4) is 0 Å². The van der Waals surface area contributed by atoms with Crippen LogP contribution >= 0.6 is 0 Å². The Balaban J connectivity index is 0.866. The summed E-state index contributed by atoms with van der Waals surface area (Å²) < 4.78 is 42.7. The second kappa shape index (κ2) is 18.3. The van der Waals surface area contributed by atoms with Gasteiger partial charge in [0, 0.05) is 50.3 Å². The van der Waals surface area contributed by atoms with Gasteiger partial charge in [0.1, 0.15) is 0 Å². The van der Waals surface area contributed by atoms with Crippen LogP contribution in [0.1, 0.15) is 27.7 Å². The molecule has 2 aliphatic rings. The van der Waals surface area contributed by atoms with Gasteiger partial charge >= 0.3 is 0 Å². The fraction of sp³-hybridized carbons (Fsp3) is 0.0130. The third kappa shape index (κ3) is 6.94. The van der Waals surface area contributed by atoms with Crippen molar-refractivity contribution < 1.29 is 5.48 Å². The first-order valence-corrected chi connectivity index (χ1v) is 27.3. The van der Waals surface area contributed by atoms with Crippen molar-refractivity contribution in [3.63, 3.8) is 0 Å². The van der Waals surface area contributed by atoms with Crippen LogP contribution in [0.5, 0.6) is 0 Å². The number of aromatic nitrogens is 1. The van der Waals surface area contributed by atoms with Crippen LogP contribution in [0.4, 0.5) is 34.1 Å². The summed E-state index contributed by atoms with van der Waals surface area (Å²) in [7, 11) is 0. The van der Waals surface area contributed by atoms with Crippen LogP contribution in [0, 0.1) is 0 Å². The predicted octanol–water partition coefficient (Wildman–Crippen LogP) is 20.6. The maximum atomic E-state index is 10.1. The van der Waals surface area contributed by atoms with Gasteiger partial charge in [-0.05, 0) is 163 Å². The molecule has 13 aromatic carbocycles. The number of rotatable bonds is 9. The fourth-order valence-corrected chi connectivity index (χ4v) is 13.3. The van der Waals surface area contributed by atoms with E-state index in [1.54, 1.807) is 0 Å². The highest BCUT2D eigenvalue weighted by molar-refractivity contribution is 6.12. The first kappa shape index (κ1) is 41.7. The van der Waals surface area contributed by atoms with Gasteiger partial charge in [-0.3, -0.25) is 0 Å². The summed E-state index contributed by atoms with van der Waals surface area (Å²) >= 11 is 0. The number of para-hydroxylation sites is 3. The molecule has 80 heavy (non-hydrogen) atoms. The molecule has 2 aliphatic carbocycles. The number of hydrogen-bond acceptors (Lipinski definition) is 2. The minimum atomic E-state index is -0.625. The second-order valence-electron chi connectivity index (χ2n) is 20.8. The average Bonchev–Trinajstić information content (AvgIpc) is 1.72. The molecule has 3 nitrogen and oxygen atoms in total. The van der Waals surface area contributed by atoms with Crippen LogP contribution in [-0.4, -0.2) is 4.57 Å². The van der Waals surface area contributed by atoms with E-state index in [1.807, 2.05) is 71.6 Å². The molecule has 1 heterocycles. The predicted molar refractivity (Wildman–Crippen MR) is 335 cm³/mol. The van der Waals surface area contributed by atoms with Gasteiger partial charge in [-0.1, -0.05) is 218 Å². The summed E-state index contributed by atoms with van der Waals surface area (Å²) in [6, 6.07) is 99.0. The van der Waals surface area contributed by atoms with Crippen LogP contribution in [0.2, 0.25) is 0 Å². The lowest BCUT2D eigenvalue weighted by Gasteiger charge is -2.32. The Morgan fingerprint density at radius 1 is 0.275 bits per heavy atom. The number of benzene rings is 13. The van der Waals surface area contributed by atoms with Crippen molar-refractivity contribution in [1.82, 2.24) is 4.57 Å². The van der Waals surface area contributed by atoms with Gasteiger partial charge in [0.15, 0.2) is 0 Å². The lowest BCUT2D eigenvalue weighted by atomic mass is 9.70. The number of nitrogens with zero attached hydrogens (tertiary/aromatic N) is 3. The first-order chi connectivity index (χ1) is 41.4. The van der Waals surface area contributed by atoms with Gasteiger partial charge in [0.25, 0.3) is 0 Å². The highest BCUT2D eigenvalue weighted by atomic mass is 15.1. The zero-order chi connectivity index (χ0) is 56.2. The van der Waals surface area contributed by atoms with Crippen molar-refractivity contribution in [2.45, 2.75) is 5.41 Å². The van der Waals surface area contributed by atoms with E-state index in [1.165, 1.54) is 33.4 Å². The Hall–Kier alpha value is -10.5. The lowest BCUT2D eigenvalue weighted by molar-refractivity contribution is 0.793. The van der Waals surface area contributed by atoms with Gasteiger partial charge in [0.2, 0.25) is 0 Å². The molecule has 0 unspecified atom stereocenters. The monoisotopic (exact) mass is 1020 g/mol. The van der Waals surface area contributed by atoms with E-state index in [0.29, 0.717) is 5.56 Å². The van der Waals surface area contributed by atoms with Crippen molar-refractivity contribution in [2.75, 3.05) is 9.80 Å². The summed E-state index contributed by atoms with van der Waals surface area (Å²) in [6.45, 7) is 0. The molecular weight excluding hydrogens is 967 g/mol. The minimum absolute atomic E-state index is 0.123. The van der Waals surface area contributed by atoms with Crippen molar-refractivity contribution in [2.24, 2.45) is 0 Å². The molecule has 0 bridgehead atoms. The molecular formula is C77H51N3. The largest absolute Gasteiger partial charge is 0.310 e. The van der Waals surface area contributed by atoms with E-state index in [0.717, 1.165) is 89.0 Å². The van der Waals surface area contributed by atoms with E-state index in [9.17, 15) is 5.48 Å². The Morgan fingerprint density at radius 2 is 0.762 bits per heavy atom. The number of anilines is 6. The van der Waals surface area contributed by atoms with Crippen LogP contribution in [0.25, 0.3) is 82.8 Å². The van der Waals surface area contributed by atoms with E-state index in [4.69, 9.17) is 0 Å². The van der Waals surface area contributed by atoms with Crippen molar-refractivity contribution >= 4 is 66.7 Å². The van der Waals surface area contributed by atoms with E-state index in [2.05, 4.69) is 228 Å².